The molecule has 16 heavy (non-hydrogen) atoms. The average Bonchev–Trinajstić information content (AvgIpc) is 2.27. The summed E-state index contributed by atoms with van der Waals surface area (Å²) in [4.78, 5) is 4.46. The van der Waals surface area contributed by atoms with Crippen LogP contribution in [-0.2, 0) is 0 Å². The molecular formula is C12H14ClN3. The number of hydrogen-bond acceptors (Lipinski definition) is 3. The summed E-state index contributed by atoms with van der Waals surface area (Å²) in [6.45, 7) is 4.21. The van der Waals surface area contributed by atoms with Crippen molar-refractivity contribution in [2.45, 2.75) is 19.8 Å². The number of nitrogens with one attached hydrogen (secondary N) is 1. The second-order valence-electron chi connectivity index (χ2n) is 4.06. The van der Waals surface area contributed by atoms with Gasteiger partial charge in [-0.25, -0.2) is 10.8 Å². The number of anilines is 1. The maximum atomic E-state index is 5.96. The lowest BCUT2D eigenvalue weighted by Gasteiger charge is -2.12. The molecule has 1 heterocycles. The van der Waals surface area contributed by atoms with Crippen LogP contribution in [0, 0.1) is 0 Å². The SMILES string of the molecule is CC(C)c1cc2cc(Cl)ccc2nc1NN. The first kappa shape index (κ1) is 11.2. The molecule has 0 aliphatic carbocycles. The van der Waals surface area contributed by atoms with Gasteiger partial charge in [0.1, 0.15) is 5.82 Å². The topological polar surface area (TPSA) is 50.9 Å². The summed E-state index contributed by atoms with van der Waals surface area (Å²) in [6.07, 6.45) is 0. The van der Waals surface area contributed by atoms with Crippen LogP contribution in [0.1, 0.15) is 25.3 Å². The zero-order valence-electron chi connectivity index (χ0n) is 9.29. The van der Waals surface area contributed by atoms with E-state index in [1.54, 1.807) is 0 Å². The van der Waals surface area contributed by atoms with Gasteiger partial charge in [0, 0.05) is 10.4 Å². The molecule has 1 aromatic heterocycles. The van der Waals surface area contributed by atoms with Crippen molar-refractivity contribution < 1.29 is 0 Å². The third-order valence-electron chi connectivity index (χ3n) is 2.57. The van der Waals surface area contributed by atoms with E-state index >= 15 is 0 Å². The molecule has 0 amide bonds. The molecule has 1 aromatic carbocycles. The van der Waals surface area contributed by atoms with Gasteiger partial charge in [-0.2, -0.15) is 0 Å². The van der Waals surface area contributed by atoms with Crippen LogP contribution >= 0.6 is 11.6 Å². The van der Waals surface area contributed by atoms with Gasteiger partial charge >= 0.3 is 0 Å². The van der Waals surface area contributed by atoms with Crippen LogP contribution in [0.3, 0.4) is 0 Å². The molecule has 4 heteroatoms. The molecule has 0 spiro atoms. The molecule has 2 rings (SSSR count). The highest BCUT2D eigenvalue weighted by Gasteiger charge is 2.09. The number of benzene rings is 1. The maximum absolute atomic E-state index is 5.96. The number of hydrazine groups is 1. The van der Waals surface area contributed by atoms with Crippen LogP contribution in [0.25, 0.3) is 10.9 Å². The number of nitrogens with zero attached hydrogens (tertiary/aromatic N) is 1. The van der Waals surface area contributed by atoms with Crippen molar-refractivity contribution in [2.75, 3.05) is 5.43 Å². The van der Waals surface area contributed by atoms with Gasteiger partial charge in [0.25, 0.3) is 0 Å². The van der Waals surface area contributed by atoms with Gasteiger partial charge in [-0.15, -0.1) is 0 Å². The Balaban J connectivity index is 2.70. The van der Waals surface area contributed by atoms with Gasteiger partial charge < -0.3 is 5.43 Å². The Morgan fingerprint density at radius 3 is 2.69 bits per heavy atom. The third kappa shape index (κ3) is 1.96. The van der Waals surface area contributed by atoms with Gasteiger partial charge in [-0.1, -0.05) is 25.4 Å². The Morgan fingerprint density at radius 1 is 1.31 bits per heavy atom. The van der Waals surface area contributed by atoms with Crippen molar-refractivity contribution in [3.05, 3.63) is 34.9 Å². The van der Waals surface area contributed by atoms with E-state index in [9.17, 15) is 0 Å². The Bertz CT molecular complexity index is 523. The molecule has 0 atom stereocenters. The standard InChI is InChI=1S/C12H14ClN3/c1-7(2)10-6-8-5-9(13)3-4-11(8)15-12(10)16-14/h3-7H,14H2,1-2H3,(H,15,16). The number of nitrogen functional groups attached to an aromatic ring is 1. The normalized spacial score (nSPS) is 11.1. The number of hydrogen-bond donors (Lipinski definition) is 2. The first-order valence-corrected chi connectivity index (χ1v) is 5.56. The molecule has 3 N–H and O–H groups in total. The fraction of sp³-hybridized carbons (Fsp3) is 0.250. The van der Waals surface area contributed by atoms with Crippen LogP contribution in [0.2, 0.25) is 5.02 Å². The van der Waals surface area contributed by atoms with Gasteiger partial charge in [-0.05, 0) is 35.7 Å². The molecule has 0 aliphatic rings. The lowest BCUT2D eigenvalue weighted by Crippen LogP contribution is -2.11. The van der Waals surface area contributed by atoms with Crippen LogP contribution in [0.5, 0.6) is 0 Å². The summed E-state index contributed by atoms with van der Waals surface area (Å²) in [7, 11) is 0. The van der Waals surface area contributed by atoms with Crippen LogP contribution < -0.4 is 11.3 Å². The minimum absolute atomic E-state index is 0.363. The van der Waals surface area contributed by atoms with Gasteiger partial charge in [0.2, 0.25) is 0 Å². The van der Waals surface area contributed by atoms with Crippen molar-refractivity contribution in [1.82, 2.24) is 4.98 Å². The average molecular weight is 236 g/mol. The zero-order chi connectivity index (χ0) is 11.7. The molecule has 3 nitrogen and oxygen atoms in total. The number of nitrogens with two attached hydrogens (primary N) is 1. The van der Waals surface area contributed by atoms with Crippen LogP contribution in [0.4, 0.5) is 5.82 Å². The summed E-state index contributed by atoms with van der Waals surface area (Å²) in [6, 6.07) is 7.71. The quantitative estimate of drug-likeness (QED) is 0.620. The number of fused-ring (bicyclic) bond motifs is 1. The van der Waals surface area contributed by atoms with Crippen LogP contribution in [0.15, 0.2) is 24.3 Å². The largest absolute Gasteiger partial charge is 0.308 e. The Labute approximate surface area is 99.6 Å². The second-order valence-corrected chi connectivity index (χ2v) is 4.50. The summed E-state index contributed by atoms with van der Waals surface area (Å²) >= 11 is 5.96. The fourth-order valence-electron chi connectivity index (χ4n) is 1.72. The van der Waals surface area contributed by atoms with E-state index in [2.05, 4.69) is 30.3 Å². The van der Waals surface area contributed by atoms with Crippen molar-refractivity contribution in [1.29, 1.82) is 0 Å². The van der Waals surface area contributed by atoms with Crippen molar-refractivity contribution in [2.24, 2.45) is 5.84 Å². The summed E-state index contributed by atoms with van der Waals surface area (Å²) in [5.41, 5.74) is 4.62. The highest BCUT2D eigenvalue weighted by Crippen LogP contribution is 2.27. The smallest absolute Gasteiger partial charge is 0.144 e. The minimum Gasteiger partial charge on any atom is -0.308 e. The van der Waals surface area contributed by atoms with Crippen molar-refractivity contribution in [3.8, 4) is 0 Å². The highest BCUT2D eigenvalue weighted by atomic mass is 35.5. The van der Waals surface area contributed by atoms with Gasteiger partial charge in [0.15, 0.2) is 0 Å². The van der Waals surface area contributed by atoms with E-state index in [1.807, 2.05) is 18.2 Å². The van der Waals surface area contributed by atoms with E-state index in [-0.39, 0.29) is 0 Å². The Morgan fingerprint density at radius 2 is 2.06 bits per heavy atom. The van der Waals surface area contributed by atoms with Gasteiger partial charge in [-0.3, -0.25) is 0 Å². The summed E-state index contributed by atoms with van der Waals surface area (Å²) in [5, 5.41) is 1.76. The molecule has 0 saturated heterocycles. The van der Waals surface area contributed by atoms with E-state index in [0.29, 0.717) is 5.92 Å². The molecule has 2 aromatic rings. The number of aromatic nitrogens is 1. The monoisotopic (exact) mass is 235 g/mol. The van der Waals surface area contributed by atoms with E-state index in [0.717, 1.165) is 27.3 Å². The van der Waals surface area contributed by atoms with Crippen molar-refractivity contribution in [3.63, 3.8) is 0 Å². The summed E-state index contributed by atoms with van der Waals surface area (Å²) < 4.78 is 0. The van der Waals surface area contributed by atoms with E-state index < -0.39 is 0 Å². The van der Waals surface area contributed by atoms with Gasteiger partial charge in [0.05, 0.1) is 5.52 Å². The molecule has 0 aliphatic heterocycles. The number of halogens is 1. The van der Waals surface area contributed by atoms with Crippen LogP contribution in [-0.4, -0.2) is 4.98 Å². The lowest BCUT2D eigenvalue weighted by atomic mass is 10.0. The Kier molecular flexibility index (Phi) is 2.99. The van der Waals surface area contributed by atoms with Crippen molar-refractivity contribution >= 4 is 28.3 Å². The molecule has 0 saturated carbocycles. The predicted molar refractivity (Wildman–Crippen MR) is 68.7 cm³/mol. The molecule has 0 fully saturated rings. The minimum atomic E-state index is 0.363. The fourth-order valence-corrected chi connectivity index (χ4v) is 1.90. The predicted octanol–water partition coefficient (Wildman–Crippen LogP) is 3.30. The van der Waals surface area contributed by atoms with E-state index in [4.69, 9.17) is 17.4 Å². The molecule has 0 bridgehead atoms. The first-order valence-electron chi connectivity index (χ1n) is 5.18. The Hall–Kier alpha value is -1.32. The molecule has 0 unspecified atom stereocenters. The summed E-state index contributed by atoms with van der Waals surface area (Å²) in [5.74, 6) is 6.56. The molecule has 84 valence electrons. The molecule has 0 radical (unpaired) electrons. The zero-order valence-corrected chi connectivity index (χ0v) is 10.0. The number of pyridine rings is 1. The third-order valence-corrected chi connectivity index (χ3v) is 2.80. The molecular weight excluding hydrogens is 222 g/mol. The lowest BCUT2D eigenvalue weighted by molar-refractivity contribution is 0.862. The van der Waals surface area contributed by atoms with E-state index in [1.165, 1.54) is 0 Å². The number of rotatable bonds is 2. The maximum Gasteiger partial charge on any atom is 0.144 e. The second kappa shape index (κ2) is 4.28. The first-order chi connectivity index (χ1) is 7.61. The highest BCUT2D eigenvalue weighted by molar-refractivity contribution is 6.31.